The Morgan fingerprint density at radius 1 is 1.45 bits per heavy atom. The molecule has 1 heterocycles. The first-order chi connectivity index (χ1) is 10.5. The van der Waals surface area contributed by atoms with Crippen LogP contribution in [0.25, 0.3) is 0 Å². The van der Waals surface area contributed by atoms with E-state index in [0.29, 0.717) is 11.0 Å². The highest BCUT2D eigenvalue weighted by atomic mass is 32.1. The number of aryl methyl sites for hydroxylation is 1. The summed E-state index contributed by atoms with van der Waals surface area (Å²) < 4.78 is 5.82. The maximum atomic E-state index is 5.82. The van der Waals surface area contributed by atoms with Crippen molar-refractivity contribution in [1.82, 2.24) is 10.2 Å². The summed E-state index contributed by atoms with van der Waals surface area (Å²) in [4.78, 5) is 2.47. The average molecular weight is 321 g/mol. The molecule has 122 valence electrons. The lowest BCUT2D eigenvalue weighted by molar-refractivity contribution is -0.0283. The number of ether oxygens (including phenoxy) is 1. The first kappa shape index (κ1) is 17.2. The van der Waals surface area contributed by atoms with Gasteiger partial charge in [0.1, 0.15) is 0 Å². The van der Waals surface area contributed by atoms with Crippen LogP contribution in [-0.4, -0.2) is 48.9 Å². The van der Waals surface area contributed by atoms with E-state index in [9.17, 15) is 0 Å². The number of nitrogens with one attached hydrogen (secondary N) is 2. The molecule has 0 unspecified atom stereocenters. The Kier molecular flexibility index (Phi) is 6.61. The minimum atomic E-state index is 0.199. The fourth-order valence-corrected chi connectivity index (χ4v) is 2.89. The molecular weight excluding hydrogens is 294 g/mol. The van der Waals surface area contributed by atoms with Crippen molar-refractivity contribution in [3.63, 3.8) is 0 Å². The van der Waals surface area contributed by atoms with Gasteiger partial charge in [0, 0.05) is 31.9 Å². The van der Waals surface area contributed by atoms with Crippen molar-refractivity contribution in [2.24, 2.45) is 5.92 Å². The SMILES string of the molecule is Cc1cccc(NC(=S)NC[C@H]2CN(CC(C)C)CCO2)c1. The first-order valence-corrected chi connectivity index (χ1v) is 8.39. The molecule has 1 aliphatic heterocycles. The zero-order valence-corrected chi connectivity index (χ0v) is 14.6. The van der Waals surface area contributed by atoms with Gasteiger partial charge in [-0.3, -0.25) is 4.90 Å². The molecule has 2 N–H and O–H groups in total. The normalized spacial score (nSPS) is 19.2. The molecule has 5 heteroatoms. The van der Waals surface area contributed by atoms with E-state index in [0.717, 1.165) is 38.5 Å². The van der Waals surface area contributed by atoms with Crippen LogP contribution in [0.15, 0.2) is 24.3 Å². The summed E-state index contributed by atoms with van der Waals surface area (Å²) in [5.41, 5.74) is 2.23. The quantitative estimate of drug-likeness (QED) is 0.816. The molecule has 4 nitrogen and oxygen atoms in total. The van der Waals surface area contributed by atoms with Crippen molar-refractivity contribution >= 4 is 23.0 Å². The van der Waals surface area contributed by atoms with Gasteiger partial charge in [-0.05, 0) is 42.8 Å². The van der Waals surface area contributed by atoms with Gasteiger partial charge in [-0.1, -0.05) is 26.0 Å². The van der Waals surface area contributed by atoms with Gasteiger partial charge in [-0.25, -0.2) is 0 Å². The van der Waals surface area contributed by atoms with Crippen LogP contribution in [0.2, 0.25) is 0 Å². The Labute approximate surface area is 139 Å². The molecule has 1 saturated heterocycles. The van der Waals surface area contributed by atoms with Gasteiger partial charge < -0.3 is 15.4 Å². The summed E-state index contributed by atoms with van der Waals surface area (Å²) in [5, 5.41) is 7.13. The predicted molar refractivity (Wildman–Crippen MR) is 96.4 cm³/mol. The molecule has 0 amide bonds. The second kappa shape index (κ2) is 8.46. The fourth-order valence-electron chi connectivity index (χ4n) is 2.69. The van der Waals surface area contributed by atoms with Crippen LogP contribution in [0.5, 0.6) is 0 Å². The third kappa shape index (κ3) is 5.91. The molecule has 0 radical (unpaired) electrons. The van der Waals surface area contributed by atoms with E-state index in [1.807, 2.05) is 12.1 Å². The number of nitrogens with zero attached hydrogens (tertiary/aromatic N) is 1. The molecular formula is C17H27N3OS. The van der Waals surface area contributed by atoms with Gasteiger partial charge in [-0.15, -0.1) is 0 Å². The molecule has 0 aliphatic carbocycles. The largest absolute Gasteiger partial charge is 0.374 e. The Morgan fingerprint density at radius 2 is 2.27 bits per heavy atom. The lowest BCUT2D eigenvalue weighted by Crippen LogP contribution is -2.48. The lowest BCUT2D eigenvalue weighted by Gasteiger charge is -2.34. The number of benzene rings is 1. The Morgan fingerprint density at radius 3 is 3.00 bits per heavy atom. The molecule has 1 fully saturated rings. The predicted octanol–water partition coefficient (Wildman–Crippen LogP) is 2.64. The van der Waals surface area contributed by atoms with Crippen LogP contribution < -0.4 is 10.6 Å². The Hall–Kier alpha value is -1.17. The third-order valence-corrected chi connectivity index (χ3v) is 3.86. The average Bonchev–Trinajstić information content (AvgIpc) is 2.45. The lowest BCUT2D eigenvalue weighted by atomic mass is 10.2. The number of thiocarbonyl (C=S) groups is 1. The van der Waals surface area contributed by atoms with Crippen LogP contribution >= 0.6 is 12.2 Å². The van der Waals surface area contributed by atoms with Gasteiger partial charge in [0.25, 0.3) is 0 Å². The third-order valence-electron chi connectivity index (χ3n) is 3.61. The summed E-state index contributed by atoms with van der Waals surface area (Å²) in [5.74, 6) is 0.691. The Balaban J connectivity index is 1.73. The van der Waals surface area contributed by atoms with Crippen molar-refractivity contribution in [3.05, 3.63) is 29.8 Å². The van der Waals surface area contributed by atoms with Crippen LogP contribution in [0.1, 0.15) is 19.4 Å². The van der Waals surface area contributed by atoms with Crippen LogP contribution in [0.3, 0.4) is 0 Å². The fraction of sp³-hybridized carbons (Fsp3) is 0.588. The van der Waals surface area contributed by atoms with Gasteiger partial charge in [0.05, 0.1) is 12.7 Å². The summed E-state index contributed by atoms with van der Waals surface area (Å²) in [6.07, 6.45) is 0.199. The Bertz CT molecular complexity index is 493. The van der Waals surface area contributed by atoms with Crippen molar-refractivity contribution in [3.8, 4) is 0 Å². The zero-order chi connectivity index (χ0) is 15.9. The van der Waals surface area contributed by atoms with E-state index in [2.05, 4.69) is 48.4 Å². The highest BCUT2D eigenvalue weighted by molar-refractivity contribution is 7.80. The highest BCUT2D eigenvalue weighted by Crippen LogP contribution is 2.10. The number of morpholine rings is 1. The number of hydrogen-bond donors (Lipinski definition) is 2. The maximum Gasteiger partial charge on any atom is 0.170 e. The van der Waals surface area contributed by atoms with E-state index >= 15 is 0 Å². The van der Waals surface area contributed by atoms with Crippen LogP contribution in [0.4, 0.5) is 5.69 Å². The van der Waals surface area contributed by atoms with E-state index in [-0.39, 0.29) is 6.10 Å². The molecule has 1 aromatic rings. The van der Waals surface area contributed by atoms with Gasteiger partial charge in [0.15, 0.2) is 5.11 Å². The van der Waals surface area contributed by atoms with E-state index in [4.69, 9.17) is 17.0 Å². The molecule has 1 aromatic carbocycles. The number of rotatable bonds is 5. The topological polar surface area (TPSA) is 36.5 Å². The smallest absolute Gasteiger partial charge is 0.170 e. The highest BCUT2D eigenvalue weighted by Gasteiger charge is 2.20. The second-order valence-corrected chi connectivity index (χ2v) is 6.76. The van der Waals surface area contributed by atoms with Crippen LogP contribution in [-0.2, 0) is 4.74 Å². The standard InChI is InChI=1S/C17H27N3OS/c1-13(2)11-20-7-8-21-16(12-20)10-18-17(22)19-15-6-4-5-14(3)9-15/h4-6,9,13,16H,7-8,10-12H2,1-3H3,(H2,18,19,22)/t16-/m0/s1. The molecule has 1 atom stereocenters. The minimum Gasteiger partial charge on any atom is -0.374 e. The molecule has 2 rings (SSSR count). The molecule has 1 aliphatic rings. The number of anilines is 1. The van der Waals surface area contributed by atoms with E-state index in [1.54, 1.807) is 0 Å². The van der Waals surface area contributed by atoms with E-state index < -0.39 is 0 Å². The summed E-state index contributed by atoms with van der Waals surface area (Å²) in [6, 6.07) is 8.19. The summed E-state index contributed by atoms with van der Waals surface area (Å²) in [6.45, 7) is 11.3. The van der Waals surface area contributed by atoms with Crippen molar-refractivity contribution < 1.29 is 4.74 Å². The molecule has 0 spiro atoms. The summed E-state index contributed by atoms with van der Waals surface area (Å²) in [7, 11) is 0. The molecule has 0 saturated carbocycles. The minimum absolute atomic E-state index is 0.199. The van der Waals surface area contributed by atoms with Gasteiger partial charge >= 0.3 is 0 Å². The van der Waals surface area contributed by atoms with Gasteiger partial charge in [-0.2, -0.15) is 0 Å². The van der Waals surface area contributed by atoms with E-state index in [1.165, 1.54) is 5.56 Å². The second-order valence-electron chi connectivity index (χ2n) is 6.35. The maximum absolute atomic E-state index is 5.82. The first-order valence-electron chi connectivity index (χ1n) is 7.98. The van der Waals surface area contributed by atoms with Crippen molar-refractivity contribution in [1.29, 1.82) is 0 Å². The summed E-state index contributed by atoms with van der Waals surface area (Å²) >= 11 is 5.36. The molecule has 22 heavy (non-hydrogen) atoms. The monoisotopic (exact) mass is 321 g/mol. The molecule has 0 aromatic heterocycles. The van der Waals surface area contributed by atoms with Crippen LogP contribution in [0, 0.1) is 12.8 Å². The zero-order valence-electron chi connectivity index (χ0n) is 13.8. The number of hydrogen-bond acceptors (Lipinski definition) is 3. The van der Waals surface area contributed by atoms with Crippen molar-refractivity contribution in [2.45, 2.75) is 26.9 Å². The van der Waals surface area contributed by atoms with Gasteiger partial charge in [0.2, 0.25) is 0 Å². The van der Waals surface area contributed by atoms with Crippen molar-refractivity contribution in [2.75, 3.05) is 38.1 Å². The molecule has 0 bridgehead atoms.